The molecule has 0 spiro atoms. The number of aryl methyl sites for hydroxylation is 2. The summed E-state index contributed by atoms with van der Waals surface area (Å²) in [5.41, 5.74) is 10.2. The predicted molar refractivity (Wildman–Crippen MR) is 110 cm³/mol. The molecular formula is C21H32N6O. The smallest absolute Gasteiger partial charge is 0.224 e. The second kappa shape index (κ2) is 8.29. The number of likely N-dealkylation sites (tertiary alicyclic amines) is 1. The van der Waals surface area contributed by atoms with E-state index in [1.165, 1.54) is 5.56 Å². The lowest BCUT2D eigenvalue weighted by Crippen LogP contribution is -2.39. The summed E-state index contributed by atoms with van der Waals surface area (Å²) in [5.74, 6) is 2.01. The number of amides is 1. The summed E-state index contributed by atoms with van der Waals surface area (Å²) in [4.78, 5) is 23.4. The molecule has 1 fully saturated rings. The van der Waals surface area contributed by atoms with Crippen LogP contribution >= 0.6 is 0 Å². The van der Waals surface area contributed by atoms with Gasteiger partial charge in [-0.05, 0) is 65.4 Å². The highest BCUT2D eigenvalue weighted by atomic mass is 16.2. The molecule has 2 aromatic heterocycles. The maximum absolute atomic E-state index is 12.8. The SMILES string of the molecule is Cc1nc(N)cc(CC2CCN(C(=O)C[C@@H](C)n3nc(C)c(C)c3C)CC2)n1. The zero-order valence-electron chi connectivity index (χ0n) is 17.7. The van der Waals surface area contributed by atoms with Crippen LogP contribution in [0, 0.1) is 33.6 Å². The fourth-order valence-corrected chi connectivity index (χ4v) is 4.08. The summed E-state index contributed by atoms with van der Waals surface area (Å²) in [6, 6.07) is 1.94. The van der Waals surface area contributed by atoms with Gasteiger partial charge in [-0.25, -0.2) is 9.97 Å². The van der Waals surface area contributed by atoms with Gasteiger partial charge in [0.1, 0.15) is 11.6 Å². The van der Waals surface area contributed by atoms with E-state index in [0.29, 0.717) is 18.2 Å². The summed E-state index contributed by atoms with van der Waals surface area (Å²) in [6.45, 7) is 11.7. The van der Waals surface area contributed by atoms with Crippen LogP contribution in [0.1, 0.15) is 60.7 Å². The Hall–Kier alpha value is -2.44. The number of anilines is 1. The molecule has 152 valence electrons. The van der Waals surface area contributed by atoms with Crippen molar-refractivity contribution in [1.82, 2.24) is 24.6 Å². The van der Waals surface area contributed by atoms with Crippen LogP contribution in [0.5, 0.6) is 0 Å². The molecule has 0 bridgehead atoms. The van der Waals surface area contributed by atoms with Gasteiger partial charge in [-0.2, -0.15) is 5.10 Å². The highest BCUT2D eigenvalue weighted by Gasteiger charge is 2.25. The summed E-state index contributed by atoms with van der Waals surface area (Å²) in [6.07, 6.45) is 3.40. The lowest BCUT2D eigenvalue weighted by molar-refractivity contribution is -0.133. The minimum Gasteiger partial charge on any atom is -0.384 e. The maximum Gasteiger partial charge on any atom is 0.224 e. The summed E-state index contributed by atoms with van der Waals surface area (Å²) >= 11 is 0. The Labute approximate surface area is 167 Å². The molecule has 7 nitrogen and oxygen atoms in total. The molecule has 1 atom stereocenters. The number of carbonyl (C=O) groups is 1. The van der Waals surface area contributed by atoms with Gasteiger partial charge in [0.15, 0.2) is 0 Å². The molecule has 0 aliphatic carbocycles. The molecule has 1 aliphatic heterocycles. The molecule has 1 aliphatic rings. The van der Waals surface area contributed by atoms with Crippen LogP contribution in [0.3, 0.4) is 0 Å². The van der Waals surface area contributed by atoms with Crippen molar-refractivity contribution in [3.05, 3.63) is 34.5 Å². The molecule has 2 aromatic rings. The van der Waals surface area contributed by atoms with Crippen molar-refractivity contribution in [3.8, 4) is 0 Å². The number of carbonyl (C=O) groups excluding carboxylic acids is 1. The van der Waals surface area contributed by atoms with Crippen molar-refractivity contribution in [2.24, 2.45) is 5.92 Å². The molecule has 3 rings (SSSR count). The largest absolute Gasteiger partial charge is 0.384 e. The second-order valence-corrected chi connectivity index (χ2v) is 8.15. The van der Waals surface area contributed by atoms with Gasteiger partial charge in [0.25, 0.3) is 0 Å². The lowest BCUT2D eigenvalue weighted by atomic mass is 9.91. The van der Waals surface area contributed by atoms with E-state index in [1.807, 2.05) is 29.5 Å². The number of nitrogens with two attached hydrogens (primary N) is 1. The minimum absolute atomic E-state index is 0.0737. The lowest BCUT2D eigenvalue weighted by Gasteiger charge is -2.32. The summed E-state index contributed by atoms with van der Waals surface area (Å²) in [5, 5.41) is 4.60. The predicted octanol–water partition coefficient (Wildman–Crippen LogP) is 2.92. The first-order valence-corrected chi connectivity index (χ1v) is 10.1. The summed E-state index contributed by atoms with van der Waals surface area (Å²) in [7, 11) is 0. The Bertz CT molecular complexity index is 831. The molecule has 1 amide bonds. The molecule has 7 heteroatoms. The number of nitrogens with zero attached hydrogens (tertiary/aromatic N) is 5. The van der Waals surface area contributed by atoms with Crippen LogP contribution < -0.4 is 5.73 Å². The zero-order chi connectivity index (χ0) is 20.4. The Morgan fingerprint density at radius 3 is 2.46 bits per heavy atom. The molecule has 1 saturated heterocycles. The fraction of sp³-hybridized carbons (Fsp3) is 0.619. The van der Waals surface area contributed by atoms with Crippen LogP contribution in [0.15, 0.2) is 6.07 Å². The third-order valence-electron chi connectivity index (χ3n) is 5.95. The Balaban J connectivity index is 1.52. The van der Waals surface area contributed by atoms with E-state index >= 15 is 0 Å². The molecule has 28 heavy (non-hydrogen) atoms. The van der Waals surface area contributed by atoms with Crippen molar-refractivity contribution < 1.29 is 4.79 Å². The molecule has 3 heterocycles. The maximum atomic E-state index is 12.8. The topological polar surface area (TPSA) is 89.9 Å². The molecule has 2 N–H and O–H groups in total. The first-order chi connectivity index (χ1) is 13.2. The number of rotatable bonds is 5. The molecule has 0 aromatic carbocycles. The van der Waals surface area contributed by atoms with E-state index in [9.17, 15) is 4.79 Å². The third kappa shape index (κ3) is 4.51. The van der Waals surface area contributed by atoms with Crippen molar-refractivity contribution >= 4 is 11.7 Å². The third-order valence-corrected chi connectivity index (χ3v) is 5.95. The minimum atomic E-state index is 0.0737. The molecule has 0 saturated carbocycles. The van der Waals surface area contributed by atoms with E-state index < -0.39 is 0 Å². The van der Waals surface area contributed by atoms with Crippen LogP contribution in [0.25, 0.3) is 0 Å². The van der Waals surface area contributed by atoms with Crippen LogP contribution in [0.2, 0.25) is 0 Å². The Morgan fingerprint density at radius 1 is 1.21 bits per heavy atom. The van der Waals surface area contributed by atoms with Crippen molar-refractivity contribution in [2.75, 3.05) is 18.8 Å². The number of piperidine rings is 1. The van der Waals surface area contributed by atoms with Gasteiger partial charge in [-0.3, -0.25) is 9.48 Å². The highest BCUT2D eigenvalue weighted by Crippen LogP contribution is 2.24. The van der Waals surface area contributed by atoms with Crippen molar-refractivity contribution in [3.63, 3.8) is 0 Å². The van der Waals surface area contributed by atoms with Crippen molar-refractivity contribution in [2.45, 2.75) is 66.3 Å². The normalized spacial score (nSPS) is 16.4. The van der Waals surface area contributed by atoms with E-state index in [-0.39, 0.29) is 11.9 Å². The fourth-order valence-electron chi connectivity index (χ4n) is 4.08. The average Bonchev–Trinajstić information content (AvgIpc) is 2.89. The quantitative estimate of drug-likeness (QED) is 0.856. The van der Waals surface area contributed by atoms with E-state index in [0.717, 1.165) is 55.3 Å². The highest BCUT2D eigenvalue weighted by molar-refractivity contribution is 5.76. The van der Waals surface area contributed by atoms with E-state index in [2.05, 4.69) is 35.8 Å². The van der Waals surface area contributed by atoms with Crippen LogP contribution in [-0.2, 0) is 11.2 Å². The van der Waals surface area contributed by atoms with E-state index in [4.69, 9.17) is 5.73 Å². The van der Waals surface area contributed by atoms with Crippen LogP contribution in [0.4, 0.5) is 5.82 Å². The number of nitrogen functional groups attached to an aromatic ring is 1. The van der Waals surface area contributed by atoms with Gasteiger partial charge in [-0.1, -0.05) is 0 Å². The van der Waals surface area contributed by atoms with Crippen LogP contribution in [-0.4, -0.2) is 43.6 Å². The summed E-state index contributed by atoms with van der Waals surface area (Å²) < 4.78 is 2.00. The first kappa shape index (κ1) is 20.3. The van der Waals surface area contributed by atoms with E-state index in [1.54, 1.807) is 0 Å². The number of hydrogen-bond acceptors (Lipinski definition) is 5. The standard InChI is InChI=1S/C21H32N6O/c1-13(27-16(4)14(2)15(3)25-27)10-21(28)26-8-6-18(7-9-26)11-19-12-20(22)24-17(5)23-19/h12-13,18H,6-11H2,1-5H3,(H2,22,23,24)/t13-/m1/s1. The van der Waals surface area contributed by atoms with Gasteiger partial charge < -0.3 is 10.6 Å². The monoisotopic (exact) mass is 384 g/mol. The van der Waals surface area contributed by atoms with Crippen molar-refractivity contribution in [1.29, 1.82) is 0 Å². The average molecular weight is 385 g/mol. The van der Waals surface area contributed by atoms with Gasteiger partial charge in [0, 0.05) is 37.0 Å². The number of hydrogen-bond donors (Lipinski definition) is 1. The first-order valence-electron chi connectivity index (χ1n) is 10.1. The Kier molecular flexibility index (Phi) is 6.01. The number of aromatic nitrogens is 4. The zero-order valence-corrected chi connectivity index (χ0v) is 17.7. The molecule has 0 radical (unpaired) electrons. The molecule has 0 unspecified atom stereocenters. The second-order valence-electron chi connectivity index (χ2n) is 8.15. The van der Waals surface area contributed by atoms with Gasteiger partial charge in [-0.15, -0.1) is 0 Å². The van der Waals surface area contributed by atoms with Gasteiger partial charge >= 0.3 is 0 Å². The molecular weight excluding hydrogens is 352 g/mol. The van der Waals surface area contributed by atoms with Gasteiger partial charge in [0.05, 0.1) is 11.7 Å². The van der Waals surface area contributed by atoms with Gasteiger partial charge in [0.2, 0.25) is 5.91 Å². The Morgan fingerprint density at radius 2 is 1.89 bits per heavy atom.